The van der Waals surface area contributed by atoms with Crippen molar-refractivity contribution < 1.29 is 9.53 Å². The molecule has 3 nitrogen and oxygen atoms in total. The van der Waals surface area contributed by atoms with Crippen molar-refractivity contribution in [1.29, 1.82) is 0 Å². The van der Waals surface area contributed by atoms with E-state index in [9.17, 15) is 4.79 Å². The first-order chi connectivity index (χ1) is 16.3. The molecule has 1 amide bonds. The van der Waals surface area contributed by atoms with Crippen molar-refractivity contribution in [2.75, 3.05) is 11.5 Å². The predicted octanol–water partition coefficient (Wildman–Crippen LogP) is 7.05. The first-order valence-corrected chi connectivity index (χ1v) is 11.9. The molecular weight excluding hydrogens is 418 g/mol. The number of para-hydroxylation sites is 1. The van der Waals surface area contributed by atoms with Gasteiger partial charge in [0.1, 0.15) is 5.75 Å². The third-order valence-electron chi connectivity index (χ3n) is 7.15. The highest BCUT2D eigenvalue weighted by Gasteiger charge is 2.47. The lowest BCUT2D eigenvalue weighted by Gasteiger charge is -2.51. The second-order valence-corrected chi connectivity index (χ2v) is 10.2. The monoisotopic (exact) mass is 449 g/mol. The normalized spacial score (nSPS) is 19.0. The highest BCUT2D eigenvalue weighted by molar-refractivity contribution is 5.97. The van der Waals surface area contributed by atoms with E-state index in [4.69, 9.17) is 4.74 Å². The summed E-state index contributed by atoms with van der Waals surface area (Å²) in [4.78, 5) is 15.6. The van der Waals surface area contributed by atoms with E-state index in [2.05, 4.69) is 82.3 Å². The highest BCUT2D eigenvalue weighted by Crippen LogP contribution is 2.50. The van der Waals surface area contributed by atoms with Crippen molar-refractivity contribution in [2.45, 2.75) is 45.1 Å². The summed E-state index contributed by atoms with van der Waals surface area (Å²) in [6.45, 7) is 8.72. The van der Waals surface area contributed by atoms with Gasteiger partial charge in [-0.05, 0) is 67.3 Å². The van der Waals surface area contributed by atoms with Gasteiger partial charge in [-0.15, -0.1) is 0 Å². The highest BCUT2D eigenvalue weighted by atomic mass is 16.5. The predicted molar refractivity (Wildman–Crippen MR) is 140 cm³/mol. The molecule has 0 unspecified atom stereocenters. The number of anilines is 1. The molecule has 172 valence electrons. The van der Waals surface area contributed by atoms with E-state index in [1.165, 1.54) is 16.7 Å². The van der Waals surface area contributed by atoms with E-state index in [0.717, 1.165) is 22.9 Å². The lowest BCUT2D eigenvalue weighted by atomic mass is 9.65. The van der Waals surface area contributed by atoms with Gasteiger partial charge in [-0.2, -0.15) is 0 Å². The number of ether oxygens (including phenoxy) is 1. The molecule has 0 saturated carbocycles. The molecule has 4 aromatic carbocycles. The van der Waals surface area contributed by atoms with E-state index in [-0.39, 0.29) is 23.5 Å². The fraction of sp³-hybridized carbons (Fsp3) is 0.258. The first-order valence-electron chi connectivity index (χ1n) is 11.9. The summed E-state index contributed by atoms with van der Waals surface area (Å²) in [6.07, 6.45) is 0.821. The molecular formula is C31H31NO2. The molecule has 0 saturated heterocycles. The van der Waals surface area contributed by atoms with Crippen molar-refractivity contribution in [3.05, 3.63) is 108 Å². The number of carbonyl (C=O) groups excluding carboxylic acids is 1. The Morgan fingerprint density at radius 2 is 1.53 bits per heavy atom. The van der Waals surface area contributed by atoms with Crippen LogP contribution in [0.4, 0.5) is 5.69 Å². The number of nitrogens with zero attached hydrogens (tertiary/aromatic N) is 1. The second-order valence-electron chi connectivity index (χ2n) is 10.2. The van der Waals surface area contributed by atoms with Crippen LogP contribution in [-0.4, -0.2) is 18.1 Å². The molecule has 0 aromatic heterocycles. The van der Waals surface area contributed by atoms with Crippen molar-refractivity contribution in [2.24, 2.45) is 0 Å². The molecule has 4 aromatic rings. The van der Waals surface area contributed by atoms with Crippen molar-refractivity contribution in [3.8, 4) is 5.75 Å². The van der Waals surface area contributed by atoms with Gasteiger partial charge in [0, 0.05) is 16.6 Å². The lowest BCUT2D eigenvalue weighted by Crippen LogP contribution is -2.57. The number of hydrogen-bond acceptors (Lipinski definition) is 2. The maximum Gasteiger partial charge on any atom is 0.265 e. The summed E-state index contributed by atoms with van der Waals surface area (Å²) in [5.74, 6) is 0.677. The van der Waals surface area contributed by atoms with Crippen LogP contribution in [-0.2, 0) is 10.2 Å². The topological polar surface area (TPSA) is 29.5 Å². The molecule has 1 aliphatic heterocycles. The number of aryl methyl sites for hydroxylation is 1. The summed E-state index contributed by atoms with van der Waals surface area (Å²) in [5, 5.41) is 2.26. The molecule has 34 heavy (non-hydrogen) atoms. The van der Waals surface area contributed by atoms with Gasteiger partial charge in [0.2, 0.25) is 0 Å². The summed E-state index contributed by atoms with van der Waals surface area (Å²) < 4.78 is 6.00. The Kier molecular flexibility index (Phi) is 5.44. The Morgan fingerprint density at radius 3 is 2.29 bits per heavy atom. The summed E-state index contributed by atoms with van der Waals surface area (Å²) in [7, 11) is 0. The Hall–Kier alpha value is -3.59. The summed E-state index contributed by atoms with van der Waals surface area (Å²) in [6, 6.07) is 31.2. The molecule has 5 rings (SSSR count). The Morgan fingerprint density at radius 1 is 0.853 bits per heavy atom. The van der Waals surface area contributed by atoms with Gasteiger partial charge in [0.15, 0.2) is 6.61 Å². The quantitative estimate of drug-likeness (QED) is 0.334. The maximum absolute atomic E-state index is 13.6. The van der Waals surface area contributed by atoms with Gasteiger partial charge in [-0.3, -0.25) is 4.79 Å². The van der Waals surface area contributed by atoms with Crippen LogP contribution in [0.25, 0.3) is 10.8 Å². The van der Waals surface area contributed by atoms with E-state index in [0.29, 0.717) is 5.75 Å². The SMILES string of the molecule is Cc1ccc([C@]2(C)CC(C)(C)N(C(=O)COc3ccc4ccccc4c3)c3ccccc32)cc1. The van der Waals surface area contributed by atoms with Gasteiger partial charge < -0.3 is 9.64 Å². The zero-order chi connectivity index (χ0) is 23.9. The van der Waals surface area contributed by atoms with E-state index in [1.54, 1.807) is 0 Å². The second kappa shape index (κ2) is 8.32. The largest absolute Gasteiger partial charge is 0.484 e. The van der Waals surface area contributed by atoms with Gasteiger partial charge in [-0.1, -0.05) is 85.3 Å². The van der Waals surface area contributed by atoms with Crippen LogP contribution in [0.3, 0.4) is 0 Å². The Bertz CT molecular complexity index is 1360. The smallest absolute Gasteiger partial charge is 0.265 e. The van der Waals surface area contributed by atoms with Gasteiger partial charge in [0.05, 0.1) is 0 Å². The van der Waals surface area contributed by atoms with Crippen molar-refractivity contribution in [3.63, 3.8) is 0 Å². The van der Waals surface area contributed by atoms with Crippen LogP contribution in [0.5, 0.6) is 5.75 Å². The fourth-order valence-corrected chi connectivity index (χ4v) is 5.62. The number of hydrogen-bond donors (Lipinski definition) is 0. The Labute approximate surface area is 202 Å². The van der Waals surface area contributed by atoms with Gasteiger partial charge >= 0.3 is 0 Å². The van der Waals surface area contributed by atoms with Crippen LogP contribution in [0.2, 0.25) is 0 Å². The molecule has 0 bridgehead atoms. The number of amides is 1. The van der Waals surface area contributed by atoms with E-state index >= 15 is 0 Å². The molecule has 0 aliphatic carbocycles. The number of carbonyl (C=O) groups is 1. The Balaban J connectivity index is 1.46. The molecule has 1 atom stereocenters. The lowest BCUT2D eigenvalue weighted by molar-refractivity contribution is -0.121. The molecule has 3 heteroatoms. The van der Waals surface area contributed by atoms with Crippen LogP contribution >= 0.6 is 0 Å². The average Bonchev–Trinajstić information content (AvgIpc) is 2.82. The van der Waals surface area contributed by atoms with Crippen molar-refractivity contribution >= 4 is 22.4 Å². The number of benzene rings is 4. The molecule has 0 N–H and O–H groups in total. The summed E-state index contributed by atoms with van der Waals surface area (Å²) in [5.41, 5.74) is 4.10. The first kappa shape index (κ1) is 22.2. The van der Waals surface area contributed by atoms with E-state index < -0.39 is 0 Å². The maximum atomic E-state index is 13.6. The van der Waals surface area contributed by atoms with Crippen LogP contribution in [0.15, 0.2) is 91.0 Å². The third-order valence-corrected chi connectivity index (χ3v) is 7.15. The van der Waals surface area contributed by atoms with E-state index in [1.807, 2.05) is 41.3 Å². The standard InChI is InChI=1S/C31H31NO2/c1-22-13-16-25(17-14-22)31(4)21-30(2,3)32(28-12-8-7-11-27(28)31)29(33)20-34-26-18-15-23-9-5-6-10-24(23)19-26/h5-19H,20-21H2,1-4H3/t31-/m0/s1. The molecule has 0 fully saturated rings. The van der Waals surface area contributed by atoms with Gasteiger partial charge in [0.25, 0.3) is 5.91 Å². The minimum Gasteiger partial charge on any atom is -0.484 e. The third kappa shape index (κ3) is 3.86. The minimum absolute atomic E-state index is 0.00263. The molecule has 0 spiro atoms. The fourth-order valence-electron chi connectivity index (χ4n) is 5.62. The zero-order valence-corrected chi connectivity index (χ0v) is 20.3. The zero-order valence-electron chi connectivity index (χ0n) is 20.3. The molecule has 1 aliphatic rings. The summed E-state index contributed by atoms with van der Waals surface area (Å²) >= 11 is 0. The number of rotatable bonds is 4. The molecule has 0 radical (unpaired) electrons. The minimum atomic E-state index is -0.377. The molecule has 1 heterocycles. The average molecular weight is 450 g/mol. The van der Waals surface area contributed by atoms with Crippen LogP contribution < -0.4 is 9.64 Å². The van der Waals surface area contributed by atoms with Crippen LogP contribution in [0, 0.1) is 6.92 Å². The van der Waals surface area contributed by atoms with Gasteiger partial charge in [-0.25, -0.2) is 0 Å². The van der Waals surface area contributed by atoms with Crippen LogP contribution in [0.1, 0.15) is 43.9 Å². The number of fused-ring (bicyclic) bond motifs is 2. The van der Waals surface area contributed by atoms with Crippen molar-refractivity contribution in [1.82, 2.24) is 0 Å².